The van der Waals surface area contributed by atoms with Crippen LogP contribution in [0.25, 0.3) is 0 Å². The molecule has 1 saturated carbocycles. The van der Waals surface area contributed by atoms with E-state index in [-0.39, 0.29) is 18.2 Å². The van der Waals surface area contributed by atoms with Gasteiger partial charge in [-0.05, 0) is 36.0 Å². The molecule has 2 aliphatic rings. The van der Waals surface area contributed by atoms with Crippen LogP contribution in [-0.4, -0.2) is 42.8 Å². The normalized spacial score (nSPS) is 19.4. The van der Waals surface area contributed by atoms with Gasteiger partial charge in [-0.1, -0.05) is 30.7 Å². The van der Waals surface area contributed by atoms with Gasteiger partial charge in [0.2, 0.25) is 0 Å². The van der Waals surface area contributed by atoms with Gasteiger partial charge in [-0.2, -0.15) is 13.2 Å². The highest BCUT2D eigenvalue weighted by molar-refractivity contribution is 5.62. The number of aliphatic hydroxyl groups is 2. The lowest BCUT2D eigenvalue weighted by atomic mass is 9.72. The minimum atomic E-state index is -4.64. The van der Waals surface area contributed by atoms with E-state index in [1.54, 1.807) is 6.33 Å². The van der Waals surface area contributed by atoms with Crippen LogP contribution in [0, 0.1) is 5.92 Å². The largest absolute Gasteiger partial charge is 0.433 e. The maximum Gasteiger partial charge on any atom is 0.433 e. The molecule has 2 unspecified atom stereocenters. The lowest BCUT2D eigenvalue weighted by Crippen LogP contribution is -2.32. The third-order valence-electron chi connectivity index (χ3n) is 6.99. The first-order chi connectivity index (χ1) is 17.3. The van der Waals surface area contributed by atoms with Gasteiger partial charge in [-0.3, -0.25) is 5.32 Å². The van der Waals surface area contributed by atoms with E-state index in [9.17, 15) is 18.3 Å². The SMILES string of the molecule is Cn1cnnc1[C@@H](c1cccc(C2NNc3c2cc(C(F)(F)F)nc3CNC(O)CO)c1)C1CCC1. The van der Waals surface area contributed by atoms with Gasteiger partial charge in [0, 0.05) is 25.1 Å². The molecule has 0 amide bonds. The minimum Gasteiger partial charge on any atom is -0.392 e. The molecule has 1 aliphatic heterocycles. The fraction of sp³-hybridized carbons (Fsp3) is 0.458. The summed E-state index contributed by atoms with van der Waals surface area (Å²) >= 11 is 0. The average Bonchev–Trinajstić information content (AvgIpc) is 3.45. The van der Waals surface area contributed by atoms with Crippen LogP contribution in [0.15, 0.2) is 36.7 Å². The van der Waals surface area contributed by atoms with Crippen LogP contribution in [0.3, 0.4) is 0 Å². The van der Waals surface area contributed by atoms with Crippen LogP contribution in [0.5, 0.6) is 0 Å². The fourth-order valence-corrected chi connectivity index (χ4v) is 4.94. The highest BCUT2D eigenvalue weighted by Gasteiger charge is 2.38. The van der Waals surface area contributed by atoms with Crippen molar-refractivity contribution in [2.45, 2.75) is 50.2 Å². The van der Waals surface area contributed by atoms with Crippen molar-refractivity contribution in [1.29, 1.82) is 0 Å². The monoisotopic (exact) mass is 503 g/mol. The first-order valence-corrected chi connectivity index (χ1v) is 11.8. The van der Waals surface area contributed by atoms with E-state index in [2.05, 4.69) is 31.3 Å². The second-order valence-corrected chi connectivity index (χ2v) is 9.34. The predicted molar refractivity (Wildman–Crippen MR) is 124 cm³/mol. The Balaban J connectivity index is 1.52. The Kier molecular flexibility index (Phi) is 6.68. The molecule has 1 fully saturated rings. The van der Waals surface area contributed by atoms with E-state index >= 15 is 0 Å². The zero-order valence-electron chi connectivity index (χ0n) is 19.6. The number of anilines is 1. The molecule has 0 radical (unpaired) electrons. The molecule has 36 heavy (non-hydrogen) atoms. The van der Waals surface area contributed by atoms with Crippen molar-refractivity contribution in [3.05, 3.63) is 70.6 Å². The van der Waals surface area contributed by atoms with Crippen LogP contribution in [0.1, 0.15) is 65.1 Å². The smallest absolute Gasteiger partial charge is 0.392 e. The van der Waals surface area contributed by atoms with Crippen molar-refractivity contribution in [1.82, 2.24) is 30.5 Å². The Hall–Kier alpha value is -3.06. The van der Waals surface area contributed by atoms with Crippen molar-refractivity contribution in [3.8, 4) is 0 Å². The topological polar surface area (TPSA) is 120 Å². The molecule has 3 aromatic rings. The summed E-state index contributed by atoms with van der Waals surface area (Å²) in [6.45, 7) is -0.735. The number of hydrazine groups is 1. The Morgan fingerprint density at radius 3 is 2.69 bits per heavy atom. The number of hydrogen-bond donors (Lipinski definition) is 5. The Morgan fingerprint density at radius 2 is 2.06 bits per heavy atom. The average molecular weight is 504 g/mol. The number of pyridine rings is 1. The maximum atomic E-state index is 13.7. The molecule has 9 nitrogen and oxygen atoms in total. The minimum absolute atomic E-state index is 0.0444. The molecule has 0 saturated heterocycles. The molecule has 5 rings (SSSR count). The number of nitrogens with one attached hydrogen (secondary N) is 3. The molecule has 1 aromatic carbocycles. The Labute approximate surface area is 205 Å². The van der Waals surface area contributed by atoms with E-state index in [1.807, 2.05) is 35.9 Å². The summed E-state index contributed by atoms with van der Waals surface area (Å²) in [5.41, 5.74) is 7.82. The van der Waals surface area contributed by atoms with Crippen molar-refractivity contribution in [2.24, 2.45) is 13.0 Å². The molecule has 192 valence electrons. The summed E-state index contributed by atoms with van der Waals surface area (Å²) in [7, 11) is 1.92. The van der Waals surface area contributed by atoms with Crippen LogP contribution in [0.2, 0.25) is 0 Å². The summed E-state index contributed by atoms with van der Waals surface area (Å²) in [6, 6.07) is 8.35. The van der Waals surface area contributed by atoms with Gasteiger partial charge >= 0.3 is 6.18 Å². The molecule has 0 bridgehead atoms. The molecular weight excluding hydrogens is 475 g/mol. The standard InChI is InChI=1S/C24H28F3N7O2/c1-34-12-29-33-23(34)20(13-4-2-5-13)14-6-3-7-15(8-14)21-16-9-18(24(25,26)27)30-17(22(16)32-31-21)10-28-19(36)11-35/h3,6-9,12-13,19-21,28,31-32,35-36H,2,4-5,10-11H2,1H3/t19?,20-,21?/m1/s1. The second kappa shape index (κ2) is 9.77. The quantitative estimate of drug-likeness (QED) is 0.298. The zero-order chi connectivity index (χ0) is 25.4. The number of fused-ring (bicyclic) bond motifs is 1. The van der Waals surface area contributed by atoms with Gasteiger partial charge in [-0.15, -0.1) is 10.2 Å². The Bertz CT molecular complexity index is 1230. The number of rotatable bonds is 8. The summed E-state index contributed by atoms with van der Waals surface area (Å²) in [4.78, 5) is 3.78. The summed E-state index contributed by atoms with van der Waals surface area (Å²) < 4.78 is 43.0. The zero-order valence-corrected chi connectivity index (χ0v) is 19.6. The van der Waals surface area contributed by atoms with Gasteiger partial charge in [0.25, 0.3) is 0 Å². The van der Waals surface area contributed by atoms with Crippen LogP contribution < -0.4 is 16.2 Å². The molecule has 3 heterocycles. The lowest BCUT2D eigenvalue weighted by Gasteiger charge is -2.33. The molecule has 2 aromatic heterocycles. The van der Waals surface area contributed by atoms with Gasteiger partial charge < -0.3 is 20.2 Å². The number of aliphatic hydroxyl groups excluding tert-OH is 2. The molecule has 3 atom stereocenters. The van der Waals surface area contributed by atoms with Crippen molar-refractivity contribution >= 4 is 5.69 Å². The van der Waals surface area contributed by atoms with Crippen molar-refractivity contribution in [3.63, 3.8) is 0 Å². The molecular formula is C24H28F3N7O2. The molecule has 5 N–H and O–H groups in total. The van der Waals surface area contributed by atoms with Gasteiger partial charge in [0.05, 0.1) is 24.0 Å². The predicted octanol–water partition coefficient (Wildman–Crippen LogP) is 2.58. The number of nitrogens with zero attached hydrogens (tertiary/aromatic N) is 4. The number of hydrogen-bond acceptors (Lipinski definition) is 8. The number of aromatic nitrogens is 4. The van der Waals surface area contributed by atoms with Gasteiger partial charge in [0.1, 0.15) is 24.1 Å². The maximum absolute atomic E-state index is 13.7. The van der Waals surface area contributed by atoms with Crippen LogP contribution in [-0.2, 0) is 19.8 Å². The Morgan fingerprint density at radius 1 is 1.25 bits per heavy atom. The summed E-state index contributed by atoms with van der Waals surface area (Å²) in [6.07, 6.45) is -0.903. The van der Waals surface area contributed by atoms with E-state index < -0.39 is 30.7 Å². The first-order valence-electron chi connectivity index (χ1n) is 11.8. The highest BCUT2D eigenvalue weighted by atomic mass is 19.4. The summed E-state index contributed by atoms with van der Waals surface area (Å²) in [5, 5.41) is 29.7. The molecule has 1 aliphatic carbocycles. The highest BCUT2D eigenvalue weighted by Crippen LogP contribution is 2.44. The van der Waals surface area contributed by atoms with E-state index in [0.29, 0.717) is 17.2 Å². The number of alkyl halides is 3. The second-order valence-electron chi connectivity index (χ2n) is 9.34. The fourth-order valence-electron chi connectivity index (χ4n) is 4.94. The van der Waals surface area contributed by atoms with Crippen LogP contribution in [0.4, 0.5) is 18.9 Å². The number of benzene rings is 1. The first kappa shape index (κ1) is 24.6. The third-order valence-corrected chi connectivity index (χ3v) is 6.99. The van der Waals surface area contributed by atoms with Crippen molar-refractivity contribution < 1.29 is 23.4 Å². The third kappa shape index (κ3) is 4.69. The van der Waals surface area contributed by atoms with Gasteiger partial charge in [0.15, 0.2) is 0 Å². The van der Waals surface area contributed by atoms with E-state index in [1.165, 1.54) is 0 Å². The summed E-state index contributed by atoms with van der Waals surface area (Å²) in [5.74, 6) is 1.35. The van der Waals surface area contributed by atoms with E-state index in [0.717, 1.165) is 42.3 Å². The molecule has 0 spiro atoms. The van der Waals surface area contributed by atoms with Crippen molar-refractivity contribution in [2.75, 3.05) is 12.0 Å². The number of halogens is 3. The number of aryl methyl sites for hydroxylation is 1. The van der Waals surface area contributed by atoms with E-state index in [4.69, 9.17) is 5.11 Å². The van der Waals surface area contributed by atoms with Gasteiger partial charge in [-0.25, -0.2) is 10.4 Å². The molecule has 12 heteroatoms. The van der Waals surface area contributed by atoms with Crippen LogP contribution >= 0.6 is 0 Å². The lowest BCUT2D eigenvalue weighted by molar-refractivity contribution is -0.141.